The van der Waals surface area contributed by atoms with Gasteiger partial charge in [0.1, 0.15) is 10.8 Å². The van der Waals surface area contributed by atoms with Gasteiger partial charge in [-0.15, -0.1) is 0 Å². The maximum absolute atomic E-state index is 4.87. The molecule has 1 aromatic heterocycles. The lowest BCUT2D eigenvalue weighted by Crippen LogP contribution is -2.24. The van der Waals surface area contributed by atoms with Crippen molar-refractivity contribution in [1.29, 1.82) is 0 Å². The third kappa shape index (κ3) is 4.77. The van der Waals surface area contributed by atoms with Crippen molar-refractivity contribution < 1.29 is 0 Å². The van der Waals surface area contributed by atoms with Gasteiger partial charge >= 0.3 is 0 Å². The van der Waals surface area contributed by atoms with Crippen LogP contribution in [0.2, 0.25) is 0 Å². The quantitative estimate of drug-likeness (QED) is 0.698. The molecule has 0 bridgehead atoms. The molecule has 1 heterocycles. The Labute approximate surface area is 134 Å². The summed E-state index contributed by atoms with van der Waals surface area (Å²) in [4.78, 5) is 4.87. The highest BCUT2D eigenvalue weighted by molar-refractivity contribution is 7.05. The van der Waals surface area contributed by atoms with Crippen LogP contribution in [-0.2, 0) is 10.8 Å². The molecule has 0 atom stereocenters. The van der Waals surface area contributed by atoms with Crippen LogP contribution in [0.15, 0.2) is 0 Å². The number of rotatable bonds is 3. The molecule has 1 saturated carbocycles. The van der Waals surface area contributed by atoms with Crippen molar-refractivity contribution >= 4 is 11.5 Å². The van der Waals surface area contributed by atoms with Crippen LogP contribution in [0.25, 0.3) is 0 Å². The van der Waals surface area contributed by atoms with E-state index in [1.807, 2.05) is 0 Å². The van der Waals surface area contributed by atoms with E-state index in [4.69, 9.17) is 9.36 Å². The van der Waals surface area contributed by atoms with Crippen molar-refractivity contribution in [3.05, 3.63) is 10.8 Å². The van der Waals surface area contributed by atoms with Gasteiger partial charge in [-0.05, 0) is 23.9 Å². The van der Waals surface area contributed by atoms with Gasteiger partial charge in [0.25, 0.3) is 0 Å². The van der Waals surface area contributed by atoms with Gasteiger partial charge in [-0.25, -0.2) is 4.98 Å². The van der Waals surface area contributed by atoms with E-state index < -0.39 is 0 Å². The van der Waals surface area contributed by atoms with Gasteiger partial charge in [0.2, 0.25) is 0 Å². The molecule has 21 heavy (non-hydrogen) atoms. The summed E-state index contributed by atoms with van der Waals surface area (Å²) in [5, 5.41) is 1.17. The number of aromatic nitrogens is 2. The van der Waals surface area contributed by atoms with E-state index in [-0.39, 0.29) is 10.8 Å². The first-order chi connectivity index (χ1) is 9.79. The van der Waals surface area contributed by atoms with Gasteiger partial charge in [-0.3, -0.25) is 0 Å². The third-order valence-corrected chi connectivity index (χ3v) is 5.84. The monoisotopic (exact) mass is 308 g/mol. The van der Waals surface area contributed by atoms with Crippen LogP contribution < -0.4 is 0 Å². The summed E-state index contributed by atoms with van der Waals surface area (Å²) in [6.45, 7) is 11.3. The highest BCUT2D eigenvalue weighted by Crippen LogP contribution is 2.36. The van der Waals surface area contributed by atoms with Crippen LogP contribution in [0, 0.1) is 5.92 Å². The Kier molecular flexibility index (Phi) is 5.45. The SMILES string of the molecule is CC(C)(C)c1nc(C(C)(C)CC2CCCCCCC2)ns1. The molecule has 0 N–H and O–H groups in total. The summed E-state index contributed by atoms with van der Waals surface area (Å²) in [5.41, 5.74) is 0.232. The Balaban J connectivity index is 2.04. The molecule has 0 saturated heterocycles. The zero-order chi connectivity index (χ0) is 15.5. The smallest absolute Gasteiger partial charge is 0.148 e. The number of nitrogens with zero attached hydrogens (tertiary/aromatic N) is 2. The van der Waals surface area contributed by atoms with E-state index in [1.165, 1.54) is 56.4 Å². The molecule has 2 nitrogen and oxygen atoms in total. The highest BCUT2D eigenvalue weighted by atomic mass is 32.1. The second kappa shape index (κ2) is 6.76. The largest absolute Gasteiger partial charge is 0.223 e. The summed E-state index contributed by atoms with van der Waals surface area (Å²) in [5.74, 6) is 1.93. The predicted molar refractivity (Wildman–Crippen MR) is 92.1 cm³/mol. The maximum Gasteiger partial charge on any atom is 0.148 e. The lowest BCUT2D eigenvalue weighted by Gasteiger charge is -2.28. The zero-order valence-corrected chi connectivity index (χ0v) is 15.4. The average Bonchev–Trinajstić information content (AvgIpc) is 2.82. The first kappa shape index (κ1) is 16.9. The van der Waals surface area contributed by atoms with Crippen molar-refractivity contribution in [2.75, 3.05) is 0 Å². The topological polar surface area (TPSA) is 25.8 Å². The molecule has 1 aliphatic rings. The molecule has 0 amide bonds. The second-order valence-electron chi connectivity index (χ2n) is 8.47. The fraction of sp³-hybridized carbons (Fsp3) is 0.889. The van der Waals surface area contributed by atoms with E-state index in [2.05, 4.69) is 34.6 Å². The third-order valence-electron chi connectivity index (χ3n) is 4.70. The molecule has 120 valence electrons. The Morgan fingerprint density at radius 1 is 0.952 bits per heavy atom. The molecule has 1 aromatic rings. The Hall–Kier alpha value is -0.440. The second-order valence-corrected chi connectivity index (χ2v) is 9.22. The van der Waals surface area contributed by atoms with Crippen LogP contribution in [0.3, 0.4) is 0 Å². The normalized spacial score (nSPS) is 19.3. The Bertz CT molecular complexity index is 434. The molecule has 0 aromatic carbocycles. The molecule has 3 heteroatoms. The van der Waals surface area contributed by atoms with Crippen molar-refractivity contribution in [2.24, 2.45) is 5.92 Å². The van der Waals surface area contributed by atoms with Gasteiger partial charge in [-0.2, -0.15) is 4.37 Å². The molecule has 0 spiro atoms. The van der Waals surface area contributed by atoms with E-state index in [1.54, 1.807) is 11.5 Å². The number of hydrogen-bond donors (Lipinski definition) is 0. The maximum atomic E-state index is 4.87. The van der Waals surface area contributed by atoms with E-state index in [9.17, 15) is 0 Å². The van der Waals surface area contributed by atoms with Crippen molar-refractivity contribution in [2.45, 2.75) is 96.8 Å². The average molecular weight is 309 g/mol. The van der Waals surface area contributed by atoms with E-state index in [0.717, 1.165) is 11.7 Å². The summed E-state index contributed by atoms with van der Waals surface area (Å²) < 4.78 is 4.69. The molecule has 2 rings (SSSR count). The zero-order valence-electron chi connectivity index (χ0n) is 14.5. The minimum Gasteiger partial charge on any atom is -0.223 e. The molecule has 1 fully saturated rings. The predicted octanol–water partition coefficient (Wildman–Crippen LogP) is 5.86. The van der Waals surface area contributed by atoms with Crippen molar-refractivity contribution in [3.8, 4) is 0 Å². The standard InChI is InChI=1S/C18H32N2S/c1-17(2,3)16-19-15(20-21-16)18(4,5)13-14-11-9-7-6-8-10-12-14/h14H,6-13H2,1-5H3. The molecular formula is C18H32N2S. The fourth-order valence-electron chi connectivity index (χ4n) is 3.36. The Morgan fingerprint density at radius 3 is 2.05 bits per heavy atom. The van der Waals surface area contributed by atoms with Crippen molar-refractivity contribution in [3.63, 3.8) is 0 Å². The van der Waals surface area contributed by atoms with Gasteiger partial charge in [0, 0.05) is 10.8 Å². The van der Waals surface area contributed by atoms with Gasteiger partial charge in [-0.1, -0.05) is 79.6 Å². The van der Waals surface area contributed by atoms with Crippen molar-refractivity contribution in [1.82, 2.24) is 9.36 Å². The van der Waals surface area contributed by atoms with Crippen LogP contribution in [-0.4, -0.2) is 9.36 Å². The van der Waals surface area contributed by atoms with Crippen LogP contribution >= 0.6 is 11.5 Å². The first-order valence-electron chi connectivity index (χ1n) is 8.64. The minimum atomic E-state index is 0.115. The summed E-state index contributed by atoms with van der Waals surface area (Å²) in [7, 11) is 0. The minimum absolute atomic E-state index is 0.115. The number of hydrogen-bond acceptors (Lipinski definition) is 3. The van der Waals surface area contributed by atoms with E-state index >= 15 is 0 Å². The molecular weight excluding hydrogens is 276 g/mol. The summed E-state index contributed by atoms with van der Waals surface area (Å²) in [6, 6.07) is 0. The van der Waals surface area contributed by atoms with Crippen LogP contribution in [0.5, 0.6) is 0 Å². The molecule has 1 aliphatic carbocycles. The highest BCUT2D eigenvalue weighted by Gasteiger charge is 2.31. The van der Waals surface area contributed by atoms with Gasteiger partial charge in [0.15, 0.2) is 0 Å². The molecule has 0 aliphatic heterocycles. The van der Waals surface area contributed by atoms with Crippen LogP contribution in [0.1, 0.15) is 96.8 Å². The first-order valence-corrected chi connectivity index (χ1v) is 9.41. The Morgan fingerprint density at radius 2 is 1.52 bits per heavy atom. The summed E-state index contributed by atoms with van der Waals surface area (Å²) in [6.07, 6.45) is 11.2. The fourth-order valence-corrected chi connectivity index (χ4v) is 4.22. The summed E-state index contributed by atoms with van der Waals surface area (Å²) >= 11 is 1.59. The van der Waals surface area contributed by atoms with Gasteiger partial charge in [0.05, 0.1) is 0 Å². The van der Waals surface area contributed by atoms with Crippen LogP contribution in [0.4, 0.5) is 0 Å². The lowest BCUT2D eigenvalue weighted by molar-refractivity contribution is 0.288. The van der Waals surface area contributed by atoms with E-state index in [0.29, 0.717) is 0 Å². The molecule has 0 radical (unpaired) electrons. The van der Waals surface area contributed by atoms with Gasteiger partial charge < -0.3 is 0 Å². The molecule has 0 unspecified atom stereocenters. The lowest BCUT2D eigenvalue weighted by atomic mass is 9.77.